The fraction of sp³-hybridized carbons (Fsp3) is 0.235. The quantitative estimate of drug-likeness (QED) is 0.602. The van der Waals surface area contributed by atoms with Crippen molar-refractivity contribution in [2.75, 3.05) is 25.7 Å². The number of quaternary nitrogens is 1. The molecule has 1 heterocycles. The van der Waals surface area contributed by atoms with Crippen LogP contribution in [0.3, 0.4) is 0 Å². The van der Waals surface area contributed by atoms with Gasteiger partial charge in [-0.05, 0) is 30.3 Å². The highest BCUT2D eigenvalue weighted by molar-refractivity contribution is 5.91. The van der Waals surface area contributed by atoms with Crippen LogP contribution in [0, 0.1) is 10.1 Å². The van der Waals surface area contributed by atoms with Crippen molar-refractivity contribution in [2.45, 2.75) is 6.54 Å². The summed E-state index contributed by atoms with van der Waals surface area (Å²) in [5, 5.41) is 13.4. The van der Waals surface area contributed by atoms with Crippen molar-refractivity contribution in [1.29, 1.82) is 0 Å². The number of anilines is 1. The molecule has 1 aliphatic heterocycles. The summed E-state index contributed by atoms with van der Waals surface area (Å²) in [5.74, 6) is 1.30. The Hall–Kier alpha value is -3.13. The van der Waals surface area contributed by atoms with E-state index in [0.717, 1.165) is 22.0 Å². The first-order chi connectivity index (χ1) is 12.0. The van der Waals surface area contributed by atoms with Crippen LogP contribution in [0.15, 0.2) is 42.5 Å². The van der Waals surface area contributed by atoms with E-state index < -0.39 is 4.92 Å². The topological polar surface area (TPSA) is 95.1 Å². The van der Waals surface area contributed by atoms with Crippen molar-refractivity contribution >= 4 is 17.3 Å². The second kappa shape index (κ2) is 7.18. The van der Waals surface area contributed by atoms with Crippen molar-refractivity contribution in [3.05, 3.63) is 58.1 Å². The van der Waals surface area contributed by atoms with Crippen LogP contribution in [0.5, 0.6) is 11.5 Å². The number of nitro benzene ring substituents is 1. The molecule has 1 unspecified atom stereocenters. The third-order valence-corrected chi connectivity index (χ3v) is 3.77. The highest BCUT2D eigenvalue weighted by Crippen LogP contribution is 2.32. The molecular formula is C17H18N3O5+. The Labute approximate surface area is 144 Å². The number of likely N-dealkylation sites (N-methyl/N-ethyl adjacent to an activating group) is 1. The molecule has 0 fully saturated rings. The highest BCUT2D eigenvalue weighted by Gasteiger charge is 2.16. The molecule has 0 aromatic heterocycles. The van der Waals surface area contributed by atoms with Gasteiger partial charge >= 0.3 is 0 Å². The lowest BCUT2D eigenvalue weighted by Gasteiger charge is -2.14. The number of non-ortho nitro benzene ring substituents is 1. The molecular weight excluding hydrogens is 326 g/mol. The maximum Gasteiger partial charge on any atom is 0.279 e. The summed E-state index contributed by atoms with van der Waals surface area (Å²) in [7, 11) is 1.92. The SMILES string of the molecule is C[NH+](CC(=O)Nc1ccc([N+](=O)[O-])cc1)Cc1ccc2c(c1)OCO2. The predicted octanol–water partition coefficient (Wildman–Crippen LogP) is 0.977. The molecule has 0 aliphatic carbocycles. The molecule has 1 atom stereocenters. The Morgan fingerprint density at radius 2 is 1.92 bits per heavy atom. The molecule has 0 saturated carbocycles. The van der Waals surface area contributed by atoms with Gasteiger partial charge in [0, 0.05) is 23.4 Å². The third-order valence-electron chi connectivity index (χ3n) is 3.77. The lowest BCUT2D eigenvalue weighted by atomic mass is 10.2. The van der Waals surface area contributed by atoms with Crippen LogP contribution in [0.1, 0.15) is 5.56 Å². The predicted molar refractivity (Wildman–Crippen MR) is 89.7 cm³/mol. The van der Waals surface area contributed by atoms with Gasteiger partial charge in [0.05, 0.1) is 12.0 Å². The average Bonchev–Trinajstić information content (AvgIpc) is 3.02. The van der Waals surface area contributed by atoms with E-state index in [1.165, 1.54) is 24.3 Å². The molecule has 8 heteroatoms. The van der Waals surface area contributed by atoms with Gasteiger partial charge in [0.25, 0.3) is 11.6 Å². The zero-order valence-corrected chi connectivity index (χ0v) is 13.7. The molecule has 25 heavy (non-hydrogen) atoms. The maximum atomic E-state index is 12.1. The summed E-state index contributed by atoms with van der Waals surface area (Å²) in [6.07, 6.45) is 0. The number of nitrogens with one attached hydrogen (secondary N) is 2. The van der Waals surface area contributed by atoms with E-state index in [-0.39, 0.29) is 24.9 Å². The molecule has 2 aromatic rings. The molecule has 130 valence electrons. The molecule has 0 bridgehead atoms. The average molecular weight is 344 g/mol. The van der Waals surface area contributed by atoms with Crippen molar-refractivity contribution in [3.8, 4) is 11.5 Å². The van der Waals surface area contributed by atoms with E-state index >= 15 is 0 Å². The van der Waals surface area contributed by atoms with Crippen molar-refractivity contribution in [2.24, 2.45) is 0 Å². The van der Waals surface area contributed by atoms with Gasteiger partial charge in [-0.1, -0.05) is 0 Å². The first-order valence-corrected chi connectivity index (χ1v) is 7.75. The van der Waals surface area contributed by atoms with Crippen molar-refractivity contribution < 1.29 is 24.1 Å². The van der Waals surface area contributed by atoms with Crippen molar-refractivity contribution in [3.63, 3.8) is 0 Å². The van der Waals surface area contributed by atoms with Crippen LogP contribution in [-0.4, -0.2) is 31.2 Å². The molecule has 2 N–H and O–H groups in total. The first kappa shape index (κ1) is 16.7. The van der Waals surface area contributed by atoms with E-state index in [1.807, 2.05) is 25.2 Å². The second-order valence-electron chi connectivity index (χ2n) is 5.85. The number of amides is 1. The summed E-state index contributed by atoms with van der Waals surface area (Å²) < 4.78 is 10.6. The van der Waals surface area contributed by atoms with E-state index in [0.29, 0.717) is 12.2 Å². The van der Waals surface area contributed by atoms with Gasteiger partial charge in [0.1, 0.15) is 6.54 Å². The van der Waals surface area contributed by atoms with Gasteiger partial charge in [-0.25, -0.2) is 0 Å². The largest absolute Gasteiger partial charge is 0.454 e. The lowest BCUT2D eigenvalue weighted by Crippen LogP contribution is -3.08. The minimum Gasteiger partial charge on any atom is -0.454 e. The van der Waals surface area contributed by atoms with Gasteiger partial charge in [-0.2, -0.15) is 0 Å². The highest BCUT2D eigenvalue weighted by atomic mass is 16.7. The third kappa shape index (κ3) is 4.24. The summed E-state index contributed by atoms with van der Waals surface area (Å²) >= 11 is 0. The fourth-order valence-corrected chi connectivity index (χ4v) is 2.61. The molecule has 1 aliphatic rings. The monoisotopic (exact) mass is 344 g/mol. The molecule has 8 nitrogen and oxygen atoms in total. The van der Waals surface area contributed by atoms with Crippen LogP contribution >= 0.6 is 0 Å². The van der Waals surface area contributed by atoms with Crippen LogP contribution in [0.25, 0.3) is 0 Å². The Morgan fingerprint density at radius 1 is 1.20 bits per heavy atom. The zero-order chi connectivity index (χ0) is 17.8. The molecule has 2 aromatic carbocycles. The van der Waals surface area contributed by atoms with E-state index in [4.69, 9.17) is 9.47 Å². The maximum absolute atomic E-state index is 12.1. The molecule has 0 spiro atoms. The van der Waals surface area contributed by atoms with Gasteiger partial charge in [-0.15, -0.1) is 0 Å². The smallest absolute Gasteiger partial charge is 0.279 e. The number of hydrogen-bond donors (Lipinski definition) is 2. The Balaban J connectivity index is 1.52. The Kier molecular flexibility index (Phi) is 4.80. The van der Waals surface area contributed by atoms with Crippen LogP contribution in [0.4, 0.5) is 11.4 Å². The van der Waals surface area contributed by atoms with Crippen LogP contribution < -0.4 is 19.7 Å². The van der Waals surface area contributed by atoms with Gasteiger partial charge in [0.15, 0.2) is 18.0 Å². The number of carbonyl (C=O) groups is 1. The molecule has 0 radical (unpaired) electrons. The number of nitro groups is 1. The first-order valence-electron chi connectivity index (χ1n) is 7.75. The van der Waals surface area contributed by atoms with Gasteiger partial charge in [0.2, 0.25) is 6.79 Å². The standard InChI is InChI=1S/C17H17N3O5/c1-19(9-12-2-7-15-16(8-12)25-11-24-15)10-17(21)18-13-3-5-14(6-4-13)20(22)23/h2-8H,9-11H2,1H3,(H,18,21)/p+1. The number of carbonyl (C=O) groups excluding carboxylic acids is 1. The van der Waals surface area contributed by atoms with Gasteiger partial charge in [-0.3, -0.25) is 14.9 Å². The normalized spacial score (nSPS) is 13.3. The van der Waals surface area contributed by atoms with E-state index in [2.05, 4.69) is 5.32 Å². The number of nitrogens with zero attached hydrogens (tertiary/aromatic N) is 1. The zero-order valence-electron chi connectivity index (χ0n) is 13.7. The second-order valence-corrected chi connectivity index (χ2v) is 5.85. The number of rotatable bonds is 6. The minimum absolute atomic E-state index is 0.0106. The van der Waals surface area contributed by atoms with E-state index in [9.17, 15) is 14.9 Å². The number of ether oxygens (including phenoxy) is 2. The summed E-state index contributed by atoms with van der Waals surface area (Å²) in [5.41, 5.74) is 1.57. The lowest BCUT2D eigenvalue weighted by molar-refractivity contribution is -0.885. The van der Waals surface area contributed by atoms with E-state index in [1.54, 1.807) is 0 Å². The van der Waals surface area contributed by atoms with Crippen LogP contribution in [0.2, 0.25) is 0 Å². The molecule has 3 rings (SSSR count). The fourth-order valence-electron chi connectivity index (χ4n) is 2.61. The Morgan fingerprint density at radius 3 is 2.64 bits per heavy atom. The molecule has 1 amide bonds. The Bertz CT molecular complexity index is 791. The summed E-state index contributed by atoms with van der Waals surface area (Å²) in [6.45, 7) is 1.16. The number of hydrogen-bond acceptors (Lipinski definition) is 5. The van der Waals surface area contributed by atoms with Gasteiger partial charge < -0.3 is 19.7 Å². The van der Waals surface area contributed by atoms with Crippen molar-refractivity contribution in [1.82, 2.24) is 0 Å². The number of fused-ring (bicyclic) bond motifs is 1. The molecule has 0 saturated heterocycles. The van der Waals surface area contributed by atoms with Crippen LogP contribution in [-0.2, 0) is 11.3 Å². The minimum atomic E-state index is -0.477. The summed E-state index contributed by atoms with van der Waals surface area (Å²) in [6, 6.07) is 11.5. The number of benzene rings is 2. The summed E-state index contributed by atoms with van der Waals surface area (Å²) in [4.78, 5) is 23.3.